The molecule has 0 aliphatic heterocycles. The van der Waals surface area contributed by atoms with Gasteiger partial charge in [-0.1, -0.05) is 20.4 Å². The Morgan fingerprint density at radius 3 is 2.50 bits per heavy atom. The topological polar surface area (TPSA) is 35.2 Å². The second-order valence-electron chi connectivity index (χ2n) is 3.71. The van der Waals surface area contributed by atoms with Gasteiger partial charge in [0.15, 0.2) is 0 Å². The van der Waals surface area contributed by atoms with Gasteiger partial charge in [0, 0.05) is 5.70 Å². The molecule has 80 valence electrons. The maximum atomic E-state index is 5.50. The first-order valence-electron chi connectivity index (χ1n) is 4.95. The van der Waals surface area contributed by atoms with E-state index in [0.29, 0.717) is 5.92 Å². The van der Waals surface area contributed by atoms with E-state index in [0.717, 1.165) is 24.5 Å². The van der Waals surface area contributed by atoms with Crippen LogP contribution in [0.5, 0.6) is 0 Å². The summed E-state index contributed by atoms with van der Waals surface area (Å²) in [4.78, 5) is 0. The molecule has 14 heavy (non-hydrogen) atoms. The van der Waals surface area contributed by atoms with Crippen molar-refractivity contribution in [2.45, 2.75) is 27.2 Å². The predicted octanol–water partition coefficient (Wildman–Crippen LogP) is 2.98. The maximum Gasteiger partial charge on any atom is 0.118 e. The average Bonchev–Trinajstić information content (AvgIpc) is 2.10. The molecule has 0 rings (SSSR count). The first-order chi connectivity index (χ1) is 6.56. The summed E-state index contributed by atoms with van der Waals surface area (Å²) in [5, 5.41) is 0. The highest BCUT2D eigenvalue weighted by Gasteiger charge is 1.95. The van der Waals surface area contributed by atoms with Gasteiger partial charge < -0.3 is 10.5 Å². The summed E-state index contributed by atoms with van der Waals surface area (Å²) in [6.07, 6.45) is 6.39. The Labute approximate surface area is 87.1 Å². The van der Waals surface area contributed by atoms with Gasteiger partial charge in [0.1, 0.15) is 5.76 Å². The Morgan fingerprint density at radius 1 is 1.43 bits per heavy atom. The lowest BCUT2D eigenvalue weighted by molar-refractivity contribution is 0.207. The van der Waals surface area contributed by atoms with Gasteiger partial charge >= 0.3 is 0 Å². The van der Waals surface area contributed by atoms with Gasteiger partial charge in [-0.3, -0.25) is 0 Å². The highest BCUT2D eigenvalue weighted by atomic mass is 16.5. The molecule has 0 unspecified atom stereocenters. The molecule has 2 heteroatoms. The minimum Gasteiger partial charge on any atom is -0.494 e. The molecule has 0 fully saturated rings. The molecule has 0 aliphatic carbocycles. The molecule has 0 aromatic carbocycles. The van der Waals surface area contributed by atoms with Gasteiger partial charge in [0.2, 0.25) is 0 Å². The van der Waals surface area contributed by atoms with Crippen molar-refractivity contribution in [2.24, 2.45) is 11.7 Å². The predicted molar refractivity (Wildman–Crippen MR) is 61.6 cm³/mol. The Bertz CT molecular complexity index is 222. The Morgan fingerprint density at radius 2 is 2.07 bits per heavy atom. The van der Waals surface area contributed by atoms with Crippen molar-refractivity contribution < 1.29 is 4.74 Å². The summed E-state index contributed by atoms with van der Waals surface area (Å²) in [5.74, 6) is 1.43. The summed E-state index contributed by atoms with van der Waals surface area (Å²) in [6.45, 7) is 10.6. The second-order valence-corrected chi connectivity index (χ2v) is 3.71. The first kappa shape index (κ1) is 12.8. The van der Waals surface area contributed by atoms with E-state index in [-0.39, 0.29) is 0 Å². The summed E-state index contributed by atoms with van der Waals surface area (Å²) in [6, 6.07) is 0. The Hall–Kier alpha value is -1.18. The lowest BCUT2D eigenvalue weighted by atomic mass is 10.1. The molecule has 0 saturated heterocycles. The number of hydrogen-bond donors (Lipinski definition) is 1. The molecule has 0 aromatic rings. The number of rotatable bonds is 6. The van der Waals surface area contributed by atoms with E-state index in [1.54, 1.807) is 6.08 Å². The van der Waals surface area contributed by atoms with Crippen molar-refractivity contribution in [3.8, 4) is 0 Å². The fourth-order valence-corrected chi connectivity index (χ4v) is 0.801. The Balaban J connectivity index is 3.97. The van der Waals surface area contributed by atoms with Crippen molar-refractivity contribution in [3.05, 3.63) is 36.3 Å². The van der Waals surface area contributed by atoms with Crippen LogP contribution in [0.15, 0.2) is 36.3 Å². The van der Waals surface area contributed by atoms with E-state index in [4.69, 9.17) is 10.5 Å². The van der Waals surface area contributed by atoms with E-state index >= 15 is 0 Å². The van der Waals surface area contributed by atoms with E-state index in [1.807, 2.05) is 19.1 Å². The van der Waals surface area contributed by atoms with Crippen LogP contribution >= 0.6 is 0 Å². The van der Waals surface area contributed by atoms with E-state index in [9.17, 15) is 0 Å². The third-order valence-electron chi connectivity index (χ3n) is 1.68. The monoisotopic (exact) mass is 195 g/mol. The third-order valence-corrected chi connectivity index (χ3v) is 1.68. The molecule has 2 N–H and O–H groups in total. The fraction of sp³-hybridized carbons (Fsp3) is 0.500. The van der Waals surface area contributed by atoms with Crippen LogP contribution in [0.4, 0.5) is 0 Å². The third kappa shape index (κ3) is 7.47. The minimum absolute atomic E-state index is 0.660. The van der Waals surface area contributed by atoms with E-state index in [1.165, 1.54) is 0 Å². The molecular formula is C12H21NO. The normalized spacial score (nSPS) is 13.1. The average molecular weight is 195 g/mol. The van der Waals surface area contributed by atoms with Crippen LogP contribution in [0.2, 0.25) is 0 Å². The number of nitrogens with two attached hydrogens (primary N) is 1. The number of hydrogen-bond acceptors (Lipinski definition) is 2. The molecule has 0 aliphatic rings. The zero-order valence-corrected chi connectivity index (χ0v) is 9.42. The summed E-state index contributed by atoms with van der Waals surface area (Å²) in [5.41, 5.74) is 6.26. The Kier molecular flexibility index (Phi) is 6.63. The molecule has 2 nitrogen and oxygen atoms in total. The SMILES string of the molecule is C=C/C(=C\C=C(/C)N)OCCC(C)C. The molecule has 0 amide bonds. The van der Waals surface area contributed by atoms with Gasteiger partial charge in [0.05, 0.1) is 6.61 Å². The van der Waals surface area contributed by atoms with E-state index in [2.05, 4.69) is 20.4 Å². The minimum atomic E-state index is 0.660. The fourth-order valence-electron chi connectivity index (χ4n) is 0.801. The van der Waals surface area contributed by atoms with Gasteiger partial charge in [-0.25, -0.2) is 0 Å². The van der Waals surface area contributed by atoms with Crippen molar-refractivity contribution in [3.63, 3.8) is 0 Å². The lowest BCUT2D eigenvalue weighted by Crippen LogP contribution is -1.98. The molecule has 0 radical (unpaired) electrons. The van der Waals surface area contributed by atoms with Crippen LogP contribution in [-0.2, 0) is 4.74 Å². The quantitative estimate of drug-likeness (QED) is 0.522. The molecule has 0 aromatic heterocycles. The van der Waals surface area contributed by atoms with Crippen LogP contribution in [0, 0.1) is 5.92 Å². The first-order valence-corrected chi connectivity index (χ1v) is 4.95. The van der Waals surface area contributed by atoms with Gasteiger partial charge in [0.25, 0.3) is 0 Å². The van der Waals surface area contributed by atoms with E-state index < -0.39 is 0 Å². The second kappa shape index (κ2) is 7.25. The summed E-state index contributed by atoms with van der Waals surface area (Å²) in [7, 11) is 0. The molecule has 0 saturated carbocycles. The van der Waals surface area contributed by atoms with Crippen LogP contribution in [-0.4, -0.2) is 6.61 Å². The van der Waals surface area contributed by atoms with Crippen LogP contribution < -0.4 is 5.73 Å². The summed E-state index contributed by atoms with van der Waals surface area (Å²) < 4.78 is 5.50. The lowest BCUT2D eigenvalue weighted by Gasteiger charge is -2.07. The maximum absolute atomic E-state index is 5.50. The largest absolute Gasteiger partial charge is 0.494 e. The molecule has 0 bridgehead atoms. The number of allylic oxidation sites excluding steroid dienone is 4. The molecular weight excluding hydrogens is 174 g/mol. The zero-order chi connectivity index (χ0) is 11.0. The zero-order valence-electron chi connectivity index (χ0n) is 9.42. The van der Waals surface area contributed by atoms with Gasteiger partial charge in [-0.2, -0.15) is 0 Å². The van der Waals surface area contributed by atoms with Crippen LogP contribution in [0.3, 0.4) is 0 Å². The standard InChI is InChI=1S/C12H21NO/c1-5-12(7-6-11(4)13)14-9-8-10(2)3/h5-7,10H,1,8-9,13H2,2-4H3/b11-6+,12-7+. The molecule has 0 heterocycles. The highest BCUT2D eigenvalue weighted by Crippen LogP contribution is 2.05. The van der Waals surface area contributed by atoms with Crippen LogP contribution in [0.25, 0.3) is 0 Å². The number of ether oxygens (including phenoxy) is 1. The van der Waals surface area contributed by atoms with Crippen molar-refractivity contribution in [1.82, 2.24) is 0 Å². The van der Waals surface area contributed by atoms with Crippen LogP contribution in [0.1, 0.15) is 27.2 Å². The summed E-state index contributed by atoms with van der Waals surface area (Å²) >= 11 is 0. The van der Waals surface area contributed by atoms with Gasteiger partial charge in [-0.15, -0.1) is 0 Å². The smallest absolute Gasteiger partial charge is 0.118 e. The van der Waals surface area contributed by atoms with Crippen molar-refractivity contribution >= 4 is 0 Å². The highest BCUT2D eigenvalue weighted by molar-refractivity contribution is 5.18. The van der Waals surface area contributed by atoms with Crippen molar-refractivity contribution in [1.29, 1.82) is 0 Å². The van der Waals surface area contributed by atoms with Gasteiger partial charge in [-0.05, 0) is 37.5 Å². The molecule has 0 atom stereocenters. The molecule has 0 spiro atoms. The van der Waals surface area contributed by atoms with Crippen molar-refractivity contribution in [2.75, 3.05) is 6.61 Å².